The van der Waals surface area contributed by atoms with Gasteiger partial charge in [-0.2, -0.15) is 5.26 Å². The van der Waals surface area contributed by atoms with Gasteiger partial charge in [0.15, 0.2) is 5.82 Å². The Bertz CT molecular complexity index is 1200. The van der Waals surface area contributed by atoms with Crippen molar-refractivity contribution in [3.63, 3.8) is 0 Å². The predicted octanol–water partition coefficient (Wildman–Crippen LogP) is 4.05. The number of imidazole rings is 1. The first-order valence-corrected chi connectivity index (χ1v) is 9.87. The van der Waals surface area contributed by atoms with Crippen LogP contribution in [0.4, 0.5) is 21.7 Å². The monoisotopic (exact) mass is 406 g/mol. The van der Waals surface area contributed by atoms with E-state index in [0.29, 0.717) is 34.8 Å². The van der Waals surface area contributed by atoms with Gasteiger partial charge in [-0.15, -0.1) is 0 Å². The molecule has 0 bridgehead atoms. The number of pyridine rings is 1. The van der Waals surface area contributed by atoms with E-state index in [-0.39, 0.29) is 16.9 Å². The standard InChI is InChI=1S/C22H23FN6O/c1-5-14-8-13(11-24)9-15(23)19(14)29(4)17-10-16-18(25-12-28(16)3)20(26-17)27-21(30)22(2)6-7-22/h8-10,12H,5-7H2,1-4H3,(H,26,27,30). The van der Waals surface area contributed by atoms with E-state index in [2.05, 4.69) is 15.3 Å². The van der Waals surface area contributed by atoms with Gasteiger partial charge in [-0.05, 0) is 37.0 Å². The molecule has 2 heterocycles. The van der Waals surface area contributed by atoms with Crippen molar-refractivity contribution in [1.82, 2.24) is 14.5 Å². The molecular weight excluding hydrogens is 383 g/mol. The van der Waals surface area contributed by atoms with Crippen LogP contribution >= 0.6 is 0 Å². The lowest BCUT2D eigenvalue weighted by Gasteiger charge is -2.23. The van der Waals surface area contributed by atoms with Gasteiger partial charge < -0.3 is 14.8 Å². The maximum absolute atomic E-state index is 14.9. The van der Waals surface area contributed by atoms with Crippen molar-refractivity contribution in [3.05, 3.63) is 41.5 Å². The number of hydrogen-bond donors (Lipinski definition) is 1. The topological polar surface area (TPSA) is 86.8 Å². The summed E-state index contributed by atoms with van der Waals surface area (Å²) in [4.78, 5) is 23.3. The molecule has 1 saturated carbocycles. The third kappa shape index (κ3) is 3.26. The number of aromatic nitrogens is 3. The molecule has 4 rings (SSSR count). The summed E-state index contributed by atoms with van der Waals surface area (Å²) in [5.41, 5.74) is 2.34. The first-order chi connectivity index (χ1) is 14.3. The minimum absolute atomic E-state index is 0.0828. The number of hydrogen-bond acceptors (Lipinski definition) is 5. The number of halogens is 1. The van der Waals surface area contributed by atoms with Crippen LogP contribution in [0, 0.1) is 22.6 Å². The van der Waals surface area contributed by atoms with Gasteiger partial charge in [0.05, 0.1) is 29.2 Å². The molecule has 1 amide bonds. The van der Waals surface area contributed by atoms with E-state index >= 15 is 0 Å². The number of nitrogens with one attached hydrogen (secondary N) is 1. The van der Waals surface area contributed by atoms with E-state index < -0.39 is 5.82 Å². The molecule has 1 aromatic carbocycles. The van der Waals surface area contributed by atoms with Crippen LogP contribution in [0.1, 0.15) is 37.8 Å². The number of rotatable bonds is 5. The van der Waals surface area contributed by atoms with Crippen LogP contribution in [-0.4, -0.2) is 27.5 Å². The van der Waals surface area contributed by atoms with Gasteiger partial charge in [-0.25, -0.2) is 14.4 Å². The lowest BCUT2D eigenvalue weighted by molar-refractivity contribution is -0.120. The van der Waals surface area contributed by atoms with Crippen LogP contribution in [-0.2, 0) is 18.3 Å². The number of benzene rings is 1. The van der Waals surface area contributed by atoms with Crippen LogP contribution in [0.15, 0.2) is 24.5 Å². The first kappa shape index (κ1) is 19.8. The smallest absolute Gasteiger partial charge is 0.231 e. The summed E-state index contributed by atoms with van der Waals surface area (Å²) in [5.74, 6) is 0.262. The Hall–Kier alpha value is -3.47. The summed E-state index contributed by atoms with van der Waals surface area (Å²) in [6, 6.07) is 6.72. The molecule has 0 unspecified atom stereocenters. The maximum atomic E-state index is 14.9. The van der Waals surface area contributed by atoms with E-state index in [0.717, 1.165) is 18.4 Å². The maximum Gasteiger partial charge on any atom is 0.231 e. The average Bonchev–Trinajstić information content (AvgIpc) is 3.38. The Balaban J connectivity index is 1.82. The third-order valence-electron chi connectivity index (χ3n) is 5.81. The Morgan fingerprint density at radius 2 is 2.13 bits per heavy atom. The highest BCUT2D eigenvalue weighted by molar-refractivity contribution is 6.02. The highest BCUT2D eigenvalue weighted by atomic mass is 19.1. The SMILES string of the molecule is CCc1cc(C#N)cc(F)c1N(C)c1cc2c(ncn2C)c(NC(=O)C2(C)CC2)n1. The van der Waals surface area contributed by atoms with Crippen molar-refractivity contribution in [2.45, 2.75) is 33.1 Å². The fraction of sp³-hybridized carbons (Fsp3) is 0.364. The van der Waals surface area contributed by atoms with Crippen molar-refractivity contribution in [1.29, 1.82) is 5.26 Å². The molecule has 154 valence electrons. The van der Waals surface area contributed by atoms with Crippen LogP contribution < -0.4 is 10.2 Å². The van der Waals surface area contributed by atoms with Crippen LogP contribution in [0.5, 0.6) is 0 Å². The number of nitrogens with zero attached hydrogens (tertiary/aromatic N) is 5. The number of amides is 1. The summed E-state index contributed by atoms with van der Waals surface area (Å²) in [7, 11) is 3.58. The second-order valence-electron chi connectivity index (χ2n) is 8.06. The van der Waals surface area contributed by atoms with Gasteiger partial charge in [0.25, 0.3) is 0 Å². The summed E-state index contributed by atoms with van der Waals surface area (Å²) >= 11 is 0. The van der Waals surface area contributed by atoms with Gasteiger partial charge in [-0.3, -0.25) is 4.79 Å². The summed E-state index contributed by atoms with van der Waals surface area (Å²) in [5, 5.41) is 12.1. The van der Waals surface area contributed by atoms with Crippen molar-refractivity contribution < 1.29 is 9.18 Å². The Morgan fingerprint density at radius 1 is 1.40 bits per heavy atom. The van der Waals surface area contributed by atoms with Gasteiger partial charge in [-0.1, -0.05) is 13.8 Å². The molecule has 1 aliphatic carbocycles. The van der Waals surface area contributed by atoms with E-state index in [9.17, 15) is 9.18 Å². The Kier molecular flexibility index (Phi) is 4.69. The Morgan fingerprint density at radius 3 is 2.77 bits per heavy atom. The lowest BCUT2D eigenvalue weighted by Crippen LogP contribution is -2.23. The average molecular weight is 406 g/mol. The van der Waals surface area contributed by atoms with E-state index in [1.54, 1.807) is 24.3 Å². The zero-order chi connectivity index (χ0) is 21.6. The van der Waals surface area contributed by atoms with E-state index in [1.165, 1.54) is 6.07 Å². The fourth-order valence-electron chi connectivity index (χ4n) is 3.53. The number of carbonyl (C=O) groups excluding carboxylic acids is 1. The van der Waals surface area contributed by atoms with Gasteiger partial charge in [0.1, 0.15) is 17.2 Å². The van der Waals surface area contributed by atoms with Crippen molar-refractivity contribution in [2.75, 3.05) is 17.3 Å². The second kappa shape index (κ2) is 7.10. The molecular formula is C22H23FN6O. The van der Waals surface area contributed by atoms with Crippen molar-refractivity contribution in [3.8, 4) is 6.07 Å². The summed E-state index contributed by atoms with van der Waals surface area (Å²) in [6.07, 6.45) is 3.91. The molecule has 0 aliphatic heterocycles. The molecule has 7 nitrogen and oxygen atoms in total. The number of anilines is 3. The fourth-order valence-corrected chi connectivity index (χ4v) is 3.53. The molecule has 0 saturated heterocycles. The van der Waals surface area contributed by atoms with E-state index in [4.69, 9.17) is 5.26 Å². The molecule has 0 atom stereocenters. The van der Waals surface area contributed by atoms with Crippen LogP contribution in [0.25, 0.3) is 11.0 Å². The van der Waals surface area contributed by atoms with Crippen LogP contribution in [0.2, 0.25) is 0 Å². The molecule has 0 radical (unpaired) electrons. The highest BCUT2D eigenvalue weighted by Gasteiger charge is 2.45. The third-order valence-corrected chi connectivity index (χ3v) is 5.81. The summed E-state index contributed by atoms with van der Waals surface area (Å²) in [6.45, 7) is 3.83. The minimum Gasteiger partial charge on any atom is -0.334 e. The number of carbonyl (C=O) groups is 1. The Labute approximate surface area is 174 Å². The number of aryl methyl sites for hydroxylation is 2. The molecule has 1 fully saturated rings. The van der Waals surface area contributed by atoms with Gasteiger partial charge in [0.2, 0.25) is 5.91 Å². The first-order valence-electron chi connectivity index (χ1n) is 9.87. The van der Waals surface area contributed by atoms with Crippen molar-refractivity contribution >= 4 is 34.3 Å². The molecule has 8 heteroatoms. The number of nitriles is 1. The molecule has 3 aromatic rings. The molecule has 30 heavy (non-hydrogen) atoms. The quantitative estimate of drug-likeness (QED) is 0.691. The molecule has 1 aliphatic rings. The predicted molar refractivity (Wildman–Crippen MR) is 113 cm³/mol. The molecule has 2 aromatic heterocycles. The zero-order valence-electron chi connectivity index (χ0n) is 17.5. The van der Waals surface area contributed by atoms with Crippen molar-refractivity contribution in [2.24, 2.45) is 12.5 Å². The highest BCUT2D eigenvalue weighted by Crippen LogP contribution is 2.46. The molecule has 0 spiro atoms. The normalized spacial score (nSPS) is 14.4. The second-order valence-corrected chi connectivity index (χ2v) is 8.06. The van der Waals surface area contributed by atoms with E-state index in [1.807, 2.05) is 37.6 Å². The zero-order valence-corrected chi connectivity index (χ0v) is 17.5. The van der Waals surface area contributed by atoms with Gasteiger partial charge in [0, 0.05) is 25.6 Å². The largest absolute Gasteiger partial charge is 0.334 e. The molecule has 1 N–H and O–H groups in total. The summed E-state index contributed by atoms with van der Waals surface area (Å²) < 4.78 is 16.8. The van der Waals surface area contributed by atoms with Crippen LogP contribution in [0.3, 0.4) is 0 Å². The number of fused-ring (bicyclic) bond motifs is 1. The van der Waals surface area contributed by atoms with Gasteiger partial charge >= 0.3 is 0 Å². The minimum atomic E-state index is -0.489. The lowest BCUT2D eigenvalue weighted by atomic mass is 10.1.